The van der Waals surface area contributed by atoms with Crippen molar-refractivity contribution < 1.29 is 4.74 Å². The molecule has 2 aromatic rings. The highest BCUT2D eigenvalue weighted by Crippen LogP contribution is 2.26. The molecule has 0 saturated heterocycles. The summed E-state index contributed by atoms with van der Waals surface area (Å²) in [5.41, 5.74) is 0.181. The van der Waals surface area contributed by atoms with E-state index in [0.29, 0.717) is 6.61 Å². The highest BCUT2D eigenvalue weighted by molar-refractivity contribution is 7.10. The molecule has 2 nitrogen and oxygen atoms in total. The lowest BCUT2D eigenvalue weighted by Crippen LogP contribution is -2.34. The summed E-state index contributed by atoms with van der Waals surface area (Å²) >= 11 is 1.82. The van der Waals surface area contributed by atoms with Crippen LogP contribution in [0.15, 0.2) is 47.8 Å². The van der Waals surface area contributed by atoms with Gasteiger partial charge in [-0.3, -0.25) is 0 Å². The highest BCUT2D eigenvalue weighted by atomic mass is 32.1. The Bertz CT molecular complexity index is 465. The summed E-state index contributed by atoms with van der Waals surface area (Å²) in [4.78, 5) is 1.42. The van der Waals surface area contributed by atoms with Crippen molar-refractivity contribution in [3.8, 4) is 5.75 Å². The smallest absolute Gasteiger partial charge is 0.119 e. The van der Waals surface area contributed by atoms with Crippen molar-refractivity contribution >= 4 is 11.3 Å². The van der Waals surface area contributed by atoms with Gasteiger partial charge in [0.05, 0.1) is 0 Å². The fourth-order valence-corrected chi connectivity index (χ4v) is 2.76. The quantitative estimate of drug-likeness (QED) is 0.778. The Hall–Kier alpha value is -1.32. The third kappa shape index (κ3) is 4.37. The van der Waals surface area contributed by atoms with Crippen LogP contribution >= 0.6 is 11.3 Å². The first-order valence-electron chi connectivity index (χ1n) is 6.61. The van der Waals surface area contributed by atoms with E-state index in [1.54, 1.807) is 0 Å². The summed E-state index contributed by atoms with van der Waals surface area (Å²) in [6, 6.07) is 14.2. The van der Waals surface area contributed by atoms with Gasteiger partial charge in [-0.05, 0) is 23.6 Å². The standard InChI is InChI=1S/C16H21NOS/c1-16(2,15-9-6-12-19-15)13-17-10-11-18-14-7-4-3-5-8-14/h3-9,12,17H,10-11,13H2,1-2H3. The zero-order valence-corrected chi connectivity index (χ0v) is 12.4. The molecule has 1 aromatic carbocycles. The lowest BCUT2D eigenvalue weighted by molar-refractivity contribution is 0.308. The Morgan fingerprint density at radius 2 is 1.89 bits per heavy atom. The first kappa shape index (κ1) is 14.1. The number of benzene rings is 1. The summed E-state index contributed by atoms with van der Waals surface area (Å²) < 4.78 is 5.65. The van der Waals surface area contributed by atoms with Gasteiger partial charge in [0, 0.05) is 23.4 Å². The van der Waals surface area contributed by atoms with Crippen molar-refractivity contribution in [3.05, 3.63) is 52.7 Å². The van der Waals surface area contributed by atoms with Crippen molar-refractivity contribution in [3.63, 3.8) is 0 Å². The molecule has 1 heterocycles. The molecule has 19 heavy (non-hydrogen) atoms. The van der Waals surface area contributed by atoms with Gasteiger partial charge in [-0.25, -0.2) is 0 Å². The van der Waals surface area contributed by atoms with Crippen molar-refractivity contribution in [2.75, 3.05) is 19.7 Å². The first-order chi connectivity index (χ1) is 9.18. The van der Waals surface area contributed by atoms with Crippen LogP contribution in [-0.2, 0) is 5.41 Å². The SMILES string of the molecule is CC(C)(CNCCOc1ccccc1)c1cccs1. The predicted molar refractivity (Wildman–Crippen MR) is 82.2 cm³/mol. The molecule has 0 fully saturated rings. The third-order valence-corrected chi connectivity index (χ3v) is 4.28. The zero-order valence-electron chi connectivity index (χ0n) is 11.6. The predicted octanol–water partition coefficient (Wildman–Crippen LogP) is 3.69. The topological polar surface area (TPSA) is 21.3 Å². The molecule has 3 heteroatoms. The van der Waals surface area contributed by atoms with Crippen molar-refractivity contribution in [2.45, 2.75) is 19.3 Å². The van der Waals surface area contributed by atoms with Crippen LogP contribution in [0.5, 0.6) is 5.75 Å². The normalized spacial score (nSPS) is 11.5. The maximum Gasteiger partial charge on any atom is 0.119 e. The molecule has 0 amide bonds. The Balaban J connectivity index is 1.67. The van der Waals surface area contributed by atoms with E-state index < -0.39 is 0 Å². The van der Waals surface area contributed by atoms with Crippen LogP contribution < -0.4 is 10.1 Å². The molecular formula is C16H21NOS. The molecule has 0 unspecified atom stereocenters. The van der Waals surface area contributed by atoms with Gasteiger partial charge in [0.1, 0.15) is 12.4 Å². The van der Waals surface area contributed by atoms with Gasteiger partial charge in [0.25, 0.3) is 0 Å². The van der Waals surface area contributed by atoms with Crippen molar-refractivity contribution in [1.82, 2.24) is 5.32 Å². The summed E-state index contributed by atoms with van der Waals surface area (Å²) in [5.74, 6) is 0.932. The van der Waals surface area contributed by atoms with Crippen molar-refractivity contribution in [2.24, 2.45) is 0 Å². The van der Waals surface area contributed by atoms with Gasteiger partial charge in [-0.15, -0.1) is 11.3 Å². The van der Waals surface area contributed by atoms with E-state index in [0.717, 1.165) is 18.8 Å². The molecular weight excluding hydrogens is 254 g/mol. The largest absolute Gasteiger partial charge is 0.492 e. The van der Waals surface area contributed by atoms with Gasteiger partial charge >= 0.3 is 0 Å². The molecule has 0 saturated carbocycles. The summed E-state index contributed by atoms with van der Waals surface area (Å²) in [7, 11) is 0. The lowest BCUT2D eigenvalue weighted by atomic mass is 9.91. The van der Waals surface area contributed by atoms with Crippen LogP contribution in [0.2, 0.25) is 0 Å². The third-order valence-electron chi connectivity index (χ3n) is 3.05. The van der Waals surface area contributed by atoms with E-state index in [1.165, 1.54) is 4.88 Å². The Morgan fingerprint density at radius 1 is 1.11 bits per heavy atom. The minimum Gasteiger partial charge on any atom is -0.492 e. The van der Waals surface area contributed by atoms with E-state index in [2.05, 4.69) is 36.7 Å². The molecule has 0 bridgehead atoms. The fourth-order valence-electron chi connectivity index (χ4n) is 1.91. The molecule has 1 N–H and O–H groups in total. The first-order valence-corrected chi connectivity index (χ1v) is 7.49. The maximum absolute atomic E-state index is 5.65. The zero-order chi connectivity index (χ0) is 13.6. The number of thiophene rings is 1. The van der Waals surface area contributed by atoms with Gasteiger partial charge < -0.3 is 10.1 Å². The monoisotopic (exact) mass is 275 g/mol. The lowest BCUT2D eigenvalue weighted by Gasteiger charge is -2.23. The second-order valence-electron chi connectivity index (χ2n) is 5.20. The minimum atomic E-state index is 0.181. The second kappa shape index (κ2) is 6.73. The Labute approximate surface area is 119 Å². The highest BCUT2D eigenvalue weighted by Gasteiger charge is 2.20. The van der Waals surface area contributed by atoms with Crippen LogP contribution in [0.4, 0.5) is 0 Å². The molecule has 0 aliphatic rings. The second-order valence-corrected chi connectivity index (χ2v) is 6.15. The molecule has 2 rings (SSSR count). The minimum absolute atomic E-state index is 0.181. The summed E-state index contributed by atoms with van der Waals surface area (Å²) in [6.07, 6.45) is 0. The molecule has 0 atom stereocenters. The van der Waals surface area contributed by atoms with Crippen LogP contribution in [0.1, 0.15) is 18.7 Å². The molecule has 102 valence electrons. The van der Waals surface area contributed by atoms with Gasteiger partial charge in [-0.2, -0.15) is 0 Å². The van der Waals surface area contributed by atoms with E-state index in [9.17, 15) is 0 Å². The van der Waals surface area contributed by atoms with Crippen LogP contribution in [-0.4, -0.2) is 19.7 Å². The fraction of sp³-hybridized carbons (Fsp3) is 0.375. The maximum atomic E-state index is 5.65. The Kier molecular flexibility index (Phi) is 5.00. The van der Waals surface area contributed by atoms with Crippen molar-refractivity contribution in [1.29, 1.82) is 0 Å². The number of nitrogens with one attached hydrogen (secondary N) is 1. The Morgan fingerprint density at radius 3 is 2.58 bits per heavy atom. The molecule has 1 aromatic heterocycles. The number of hydrogen-bond donors (Lipinski definition) is 1. The van der Waals surface area contributed by atoms with E-state index in [1.807, 2.05) is 41.7 Å². The molecule has 0 radical (unpaired) electrons. The van der Waals surface area contributed by atoms with Crippen LogP contribution in [0, 0.1) is 0 Å². The number of hydrogen-bond acceptors (Lipinski definition) is 3. The van der Waals surface area contributed by atoms with Gasteiger partial charge in [0.2, 0.25) is 0 Å². The van der Waals surface area contributed by atoms with Crippen LogP contribution in [0.3, 0.4) is 0 Å². The molecule has 0 aliphatic carbocycles. The molecule has 0 spiro atoms. The van der Waals surface area contributed by atoms with Gasteiger partial charge in [0.15, 0.2) is 0 Å². The van der Waals surface area contributed by atoms with E-state index in [4.69, 9.17) is 4.74 Å². The number of para-hydroxylation sites is 1. The van der Waals surface area contributed by atoms with Gasteiger partial charge in [-0.1, -0.05) is 38.1 Å². The van der Waals surface area contributed by atoms with Crippen LogP contribution in [0.25, 0.3) is 0 Å². The number of rotatable bonds is 7. The summed E-state index contributed by atoms with van der Waals surface area (Å²) in [5, 5.41) is 5.60. The average molecular weight is 275 g/mol. The average Bonchev–Trinajstić information content (AvgIpc) is 2.94. The molecule has 0 aliphatic heterocycles. The number of ether oxygens (including phenoxy) is 1. The summed E-state index contributed by atoms with van der Waals surface area (Å²) in [6.45, 7) is 7.06. The van der Waals surface area contributed by atoms with E-state index in [-0.39, 0.29) is 5.41 Å². The van der Waals surface area contributed by atoms with E-state index >= 15 is 0 Å².